The van der Waals surface area contributed by atoms with E-state index >= 15 is 0 Å². The number of nitrogens with two attached hydrogens (primary N) is 1. The number of hydrogen-bond acceptors (Lipinski definition) is 4. The van der Waals surface area contributed by atoms with Gasteiger partial charge in [-0.05, 0) is 33.9 Å². The summed E-state index contributed by atoms with van der Waals surface area (Å²) in [7, 11) is 2.00. The number of carbonyl (C=O) groups excluding carboxylic acids is 1. The average molecular weight is 281 g/mol. The van der Waals surface area contributed by atoms with Gasteiger partial charge in [-0.25, -0.2) is 0 Å². The van der Waals surface area contributed by atoms with Gasteiger partial charge in [0.25, 0.3) is 0 Å². The predicted octanol–water partition coefficient (Wildman–Crippen LogP) is 1.61. The maximum absolute atomic E-state index is 12.2. The molecule has 0 aliphatic carbocycles. The first kappa shape index (κ1) is 16.7. The van der Waals surface area contributed by atoms with Crippen molar-refractivity contribution in [3.8, 4) is 0 Å². The van der Waals surface area contributed by atoms with Crippen LogP contribution in [-0.2, 0) is 11.3 Å². The van der Waals surface area contributed by atoms with Crippen LogP contribution in [0.15, 0.2) is 16.7 Å². The summed E-state index contributed by atoms with van der Waals surface area (Å²) in [5.41, 5.74) is 6.98. The van der Waals surface area contributed by atoms with Gasteiger partial charge in [-0.15, -0.1) is 0 Å². The molecule has 0 fully saturated rings. The van der Waals surface area contributed by atoms with E-state index in [4.69, 9.17) is 10.2 Å². The first-order valence-electron chi connectivity index (χ1n) is 7.24. The predicted molar refractivity (Wildman–Crippen MR) is 80.3 cm³/mol. The summed E-state index contributed by atoms with van der Waals surface area (Å²) < 4.78 is 5.30. The zero-order valence-corrected chi connectivity index (χ0v) is 13.1. The number of furan rings is 1. The van der Waals surface area contributed by atoms with E-state index in [1.807, 2.05) is 38.8 Å². The molecule has 0 bridgehead atoms. The highest BCUT2D eigenvalue weighted by atomic mass is 16.3. The molecule has 5 heteroatoms. The van der Waals surface area contributed by atoms with Crippen LogP contribution in [0.4, 0.5) is 0 Å². The highest BCUT2D eigenvalue weighted by Gasteiger charge is 2.20. The Balaban J connectivity index is 2.61. The molecule has 0 aromatic carbocycles. The van der Waals surface area contributed by atoms with Gasteiger partial charge in [0.15, 0.2) is 0 Å². The zero-order chi connectivity index (χ0) is 15.1. The lowest BCUT2D eigenvalue weighted by atomic mass is 10.1. The van der Waals surface area contributed by atoms with Crippen molar-refractivity contribution in [3.63, 3.8) is 0 Å². The van der Waals surface area contributed by atoms with Crippen LogP contribution in [0, 0.1) is 6.92 Å². The van der Waals surface area contributed by atoms with Crippen LogP contribution in [0.1, 0.15) is 31.6 Å². The molecular formula is C15H27N3O2. The fourth-order valence-corrected chi connectivity index (χ4v) is 2.30. The van der Waals surface area contributed by atoms with Crippen LogP contribution in [0.2, 0.25) is 0 Å². The molecule has 1 atom stereocenters. The van der Waals surface area contributed by atoms with Crippen LogP contribution in [-0.4, -0.2) is 48.4 Å². The molecule has 1 aromatic heterocycles. The molecule has 114 valence electrons. The largest absolute Gasteiger partial charge is 0.469 e. The quantitative estimate of drug-likeness (QED) is 0.786. The van der Waals surface area contributed by atoms with E-state index in [1.54, 1.807) is 6.26 Å². The second kappa shape index (κ2) is 8.07. The fraction of sp³-hybridized carbons (Fsp3) is 0.667. The SMILES string of the molecule is CCN(CC)C(=O)CC(CN)N(C)Cc1ccoc1C. The van der Waals surface area contributed by atoms with Crippen LogP contribution in [0.25, 0.3) is 0 Å². The molecule has 0 spiro atoms. The molecule has 20 heavy (non-hydrogen) atoms. The minimum absolute atomic E-state index is 0.0531. The Labute approximate surface area is 121 Å². The van der Waals surface area contributed by atoms with Crippen molar-refractivity contribution in [2.24, 2.45) is 5.73 Å². The lowest BCUT2D eigenvalue weighted by Gasteiger charge is -2.28. The lowest BCUT2D eigenvalue weighted by Crippen LogP contribution is -2.42. The van der Waals surface area contributed by atoms with E-state index in [-0.39, 0.29) is 11.9 Å². The summed E-state index contributed by atoms with van der Waals surface area (Å²) in [6.07, 6.45) is 2.16. The molecule has 2 N–H and O–H groups in total. The van der Waals surface area contributed by atoms with Gasteiger partial charge < -0.3 is 15.1 Å². The number of amides is 1. The number of nitrogens with zero attached hydrogens (tertiary/aromatic N) is 2. The van der Waals surface area contributed by atoms with E-state index in [0.29, 0.717) is 13.0 Å². The van der Waals surface area contributed by atoms with E-state index in [1.165, 1.54) is 0 Å². The van der Waals surface area contributed by atoms with Crippen molar-refractivity contribution in [2.75, 3.05) is 26.7 Å². The van der Waals surface area contributed by atoms with E-state index < -0.39 is 0 Å². The molecule has 1 heterocycles. The van der Waals surface area contributed by atoms with Gasteiger partial charge >= 0.3 is 0 Å². The topological polar surface area (TPSA) is 62.7 Å². The monoisotopic (exact) mass is 281 g/mol. The lowest BCUT2D eigenvalue weighted by molar-refractivity contribution is -0.132. The molecule has 0 saturated heterocycles. The summed E-state index contributed by atoms with van der Waals surface area (Å²) in [6.45, 7) is 8.65. The van der Waals surface area contributed by atoms with Crippen molar-refractivity contribution < 1.29 is 9.21 Å². The summed E-state index contributed by atoms with van der Waals surface area (Å²) >= 11 is 0. The average Bonchev–Trinajstić information content (AvgIpc) is 2.82. The van der Waals surface area contributed by atoms with Gasteiger partial charge in [-0.3, -0.25) is 9.69 Å². The minimum atomic E-state index is 0.0531. The Kier molecular flexibility index (Phi) is 6.75. The van der Waals surface area contributed by atoms with Crippen LogP contribution in [0.3, 0.4) is 0 Å². The Bertz CT molecular complexity index is 413. The minimum Gasteiger partial charge on any atom is -0.469 e. The number of carbonyl (C=O) groups is 1. The number of aryl methyl sites for hydroxylation is 1. The molecule has 0 saturated carbocycles. The molecule has 5 nitrogen and oxygen atoms in total. The van der Waals surface area contributed by atoms with Gasteiger partial charge in [0.1, 0.15) is 5.76 Å². The number of hydrogen-bond donors (Lipinski definition) is 1. The van der Waals surface area contributed by atoms with E-state index in [2.05, 4.69) is 4.90 Å². The molecular weight excluding hydrogens is 254 g/mol. The zero-order valence-electron chi connectivity index (χ0n) is 13.1. The van der Waals surface area contributed by atoms with Crippen molar-refractivity contribution in [1.29, 1.82) is 0 Å². The molecule has 1 rings (SSSR count). The van der Waals surface area contributed by atoms with E-state index in [0.717, 1.165) is 31.0 Å². The Morgan fingerprint density at radius 1 is 1.40 bits per heavy atom. The summed E-state index contributed by atoms with van der Waals surface area (Å²) in [6, 6.07) is 2.02. The van der Waals surface area contributed by atoms with Crippen LogP contribution >= 0.6 is 0 Å². The van der Waals surface area contributed by atoms with Crippen molar-refractivity contribution in [3.05, 3.63) is 23.7 Å². The van der Waals surface area contributed by atoms with Gasteiger partial charge in [0, 0.05) is 44.2 Å². The maximum Gasteiger partial charge on any atom is 0.224 e. The van der Waals surface area contributed by atoms with E-state index in [9.17, 15) is 4.79 Å². The first-order chi connectivity index (χ1) is 9.53. The molecule has 1 unspecified atom stereocenters. The highest BCUT2D eigenvalue weighted by Crippen LogP contribution is 2.14. The maximum atomic E-state index is 12.2. The third-order valence-electron chi connectivity index (χ3n) is 3.81. The third-order valence-corrected chi connectivity index (χ3v) is 3.81. The molecule has 1 aromatic rings. The second-order valence-corrected chi connectivity index (χ2v) is 5.08. The summed E-state index contributed by atoms with van der Waals surface area (Å²) in [5, 5.41) is 0. The van der Waals surface area contributed by atoms with Gasteiger partial charge in [-0.1, -0.05) is 0 Å². The van der Waals surface area contributed by atoms with Gasteiger partial charge in [-0.2, -0.15) is 0 Å². The molecule has 0 radical (unpaired) electrons. The summed E-state index contributed by atoms with van der Waals surface area (Å²) in [4.78, 5) is 16.1. The smallest absolute Gasteiger partial charge is 0.224 e. The molecule has 0 aliphatic heterocycles. The normalized spacial score (nSPS) is 12.7. The fourth-order valence-electron chi connectivity index (χ4n) is 2.30. The highest BCUT2D eigenvalue weighted by molar-refractivity contribution is 5.76. The summed E-state index contributed by atoms with van der Waals surface area (Å²) in [5.74, 6) is 1.09. The standard InChI is InChI=1S/C15H27N3O2/c1-5-18(6-2)15(19)9-14(10-16)17(4)11-13-7-8-20-12(13)3/h7-8,14H,5-6,9-11,16H2,1-4H3. The number of rotatable bonds is 8. The van der Waals surface area contributed by atoms with Crippen molar-refractivity contribution in [2.45, 2.75) is 39.8 Å². The molecule has 1 amide bonds. The van der Waals surface area contributed by atoms with Gasteiger partial charge in [0.2, 0.25) is 5.91 Å². The Morgan fingerprint density at radius 2 is 2.05 bits per heavy atom. The Hall–Kier alpha value is -1.33. The van der Waals surface area contributed by atoms with Gasteiger partial charge in [0.05, 0.1) is 6.26 Å². The van der Waals surface area contributed by atoms with Crippen molar-refractivity contribution >= 4 is 5.91 Å². The third kappa shape index (κ3) is 4.35. The number of likely N-dealkylation sites (N-methyl/N-ethyl adjacent to an activating group) is 1. The first-order valence-corrected chi connectivity index (χ1v) is 7.24. The Morgan fingerprint density at radius 3 is 2.50 bits per heavy atom. The van der Waals surface area contributed by atoms with Crippen LogP contribution < -0.4 is 5.73 Å². The van der Waals surface area contributed by atoms with Crippen molar-refractivity contribution in [1.82, 2.24) is 9.80 Å². The second-order valence-electron chi connectivity index (χ2n) is 5.08. The molecule has 0 aliphatic rings. The van der Waals surface area contributed by atoms with Crippen LogP contribution in [0.5, 0.6) is 0 Å².